The Morgan fingerprint density at radius 1 is 1.16 bits per heavy atom. The first-order valence-corrected chi connectivity index (χ1v) is 7.19. The Labute approximate surface area is 117 Å². The number of aromatic nitrogens is 2. The van der Waals surface area contributed by atoms with Crippen molar-refractivity contribution in [1.82, 2.24) is 9.97 Å². The van der Waals surface area contributed by atoms with Gasteiger partial charge in [-0.05, 0) is 18.2 Å². The fourth-order valence-corrected chi connectivity index (χ4v) is 3.29. The van der Waals surface area contributed by atoms with Crippen molar-refractivity contribution < 1.29 is 9.90 Å². The highest BCUT2D eigenvalue weighted by molar-refractivity contribution is 7.15. The first-order valence-electron chi connectivity index (χ1n) is 5.43. The predicted molar refractivity (Wildman–Crippen MR) is 75.6 cm³/mol. The number of carboxylic acids is 1. The van der Waals surface area contributed by atoms with Gasteiger partial charge in [0.1, 0.15) is 5.01 Å². The van der Waals surface area contributed by atoms with Crippen molar-refractivity contribution in [2.75, 3.05) is 0 Å². The van der Waals surface area contributed by atoms with Gasteiger partial charge in [0.05, 0.1) is 21.8 Å². The molecular weight excluding hydrogens is 280 g/mol. The Kier molecular flexibility index (Phi) is 3.10. The Bertz CT molecular complexity index is 719. The van der Waals surface area contributed by atoms with Gasteiger partial charge >= 0.3 is 5.97 Å². The average molecular weight is 288 g/mol. The largest absolute Gasteiger partial charge is 0.478 e. The van der Waals surface area contributed by atoms with Gasteiger partial charge in [0.15, 0.2) is 0 Å². The van der Waals surface area contributed by atoms with Crippen molar-refractivity contribution in [1.29, 1.82) is 0 Å². The van der Waals surface area contributed by atoms with Gasteiger partial charge in [-0.3, -0.25) is 4.98 Å². The van der Waals surface area contributed by atoms with E-state index in [1.165, 1.54) is 22.7 Å². The maximum absolute atomic E-state index is 10.9. The normalized spacial score (nSPS) is 10.5. The van der Waals surface area contributed by atoms with Crippen LogP contribution in [0.4, 0.5) is 0 Å². The summed E-state index contributed by atoms with van der Waals surface area (Å²) in [5, 5.41) is 13.3. The van der Waals surface area contributed by atoms with Gasteiger partial charge in [-0.2, -0.15) is 0 Å². The molecule has 0 radical (unpaired) electrons. The van der Waals surface area contributed by atoms with Gasteiger partial charge in [0, 0.05) is 17.0 Å². The summed E-state index contributed by atoms with van der Waals surface area (Å²) in [6.45, 7) is 0. The van der Waals surface area contributed by atoms with Crippen LogP contribution in [-0.2, 0) is 0 Å². The lowest BCUT2D eigenvalue weighted by molar-refractivity contribution is 0.0697. The number of hydrogen-bond acceptors (Lipinski definition) is 5. The number of aromatic carboxylic acids is 1. The second-order valence-electron chi connectivity index (χ2n) is 3.76. The minimum absolute atomic E-state index is 0.299. The molecule has 0 aliphatic rings. The van der Waals surface area contributed by atoms with Crippen LogP contribution in [0.2, 0.25) is 0 Å². The minimum atomic E-state index is -0.914. The van der Waals surface area contributed by atoms with Crippen LogP contribution < -0.4 is 0 Å². The van der Waals surface area contributed by atoms with E-state index >= 15 is 0 Å². The molecule has 0 atom stereocenters. The van der Waals surface area contributed by atoms with Gasteiger partial charge in [-0.1, -0.05) is 6.07 Å². The van der Waals surface area contributed by atoms with Crippen LogP contribution in [0, 0.1) is 0 Å². The highest BCUT2D eigenvalue weighted by Gasteiger charge is 2.11. The highest BCUT2D eigenvalue weighted by atomic mass is 32.1. The molecule has 3 aromatic heterocycles. The SMILES string of the molecule is O=C(O)c1csc(-c2csc(-c3ccccn3)n2)c1. The number of thiophene rings is 1. The van der Waals surface area contributed by atoms with Gasteiger partial charge < -0.3 is 5.11 Å². The number of pyridine rings is 1. The summed E-state index contributed by atoms with van der Waals surface area (Å²) >= 11 is 2.88. The molecule has 3 rings (SSSR count). The molecule has 0 fully saturated rings. The molecule has 0 bridgehead atoms. The van der Waals surface area contributed by atoms with Crippen LogP contribution in [0.1, 0.15) is 10.4 Å². The summed E-state index contributed by atoms with van der Waals surface area (Å²) in [6.07, 6.45) is 1.73. The lowest BCUT2D eigenvalue weighted by Gasteiger charge is -1.92. The molecular formula is C13H8N2O2S2. The predicted octanol–water partition coefficient (Wildman–Crippen LogP) is 3.63. The fraction of sp³-hybridized carbons (Fsp3) is 0. The standard InChI is InChI=1S/C13H8N2O2S2/c16-13(17)8-5-11(18-6-8)10-7-19-12(15-10)9-3-1-2-4-14-9/h1-7H,(H,16,17). The molecule has 0 amide bonds. The Balaban J connectivity index is 1.94. The van der Waals surface area contributed by atoms with Gasteiger partial charge in [0.25, 0.3) is 0 Å². The highest BCUT2D eigenvalue weighted by Crippen LogP contribution is 2.31. The monoisotopic (exact) mass is 288 g/mol. The number of carbonyl (C=O) groups is 1. The molecule has 4 nitrogen and oxygen atoms in total. The number of carboxylic acid groups (broad SMARTS) is 1. The van der Waals surface area contributed by atoms with Crippen LogP contribution >= 0.6 is 22.7 Å². The maximum atomic E-state index is 10.9. The first kappa shape index (κ1) is 12.0. The van der Waals surface area contributed by atoms with E-state index in [2.05, 4.69) is 9.97 Å². The molecule has 0 spiro atoms. The molecule has 94 valence electrons. The molecule has 0 aliphatic carbocycles. The van der Waals surface area contributed by atoms with Crippen LogP contribution in [0.5, 0.6) is 0 Å². The van der Waals surface area contributed by atoms with E-state index in [1.807, 2.05) is 23.6 Å². The molecule has 0 unspecified atom stereocenters. The number of hydrogen-bond donors (Lipinski definition) is 1. The van der Waals surface area contributed by atoms with Crippen LogP contribution in [0.15, 0.2) is 41.2 Å². The van der Waals surface area contributed by atoms with Crippen molar-refractivity contribution in [3.05, 3.63) is 46.8 Å². The number of thiazole rings is 1. The molecule has 3 heterocycles. The fourth-order valence-electron chi connectivity index (χ4n) is 1.58. The van der Waals surface area contributed by atoms with E-state index in [0.29, 0.717) is 5.56 Å². The second-order valence-corrected chi connectivity index (χ2v) is 5.53. The van der Waals surface area contributed by atoms with Gasteiger partial charge in [-0.25, -0.2) is 9.78 Å². The molecule has 3 aromatic rings. The zero-order valence-electron chi connectivity index (χ0n) is 9.61. The lowest BCUT2D eigenvalue weighted by atomic mass is 10.3. The number of nitrogens with zero attached hydrogens (tertiary/aromatic N) is 2. The Morgan fingerprint density at radius 2 is 2.05 bits per heavy atom. The van der Waals surface area contributed by atoms with E-state index in [1.54, 1.807) is 17.6 Å². The summed E-state index contributed by atoms with van der Waals surface area (Å²) in [4.78, 5) is 20.5. The van der Waals surface area contributed by atoms with Gasteiger partial charge in [0.2, 0.25) is 0 Å². The van der Waals surface area contributed by atoms with E-state index in [-0.39, 0.29) is 0 Å². The molecule has 1 N–H and O–H groups in total. The van der Waals surface area contributed by atoms with Crippen LogP contribution in [0.3, 0.4) is 0 Å². The number of rotatable bonds is 3. The third-order valence-electron chi connectivity index (χ3n) is 2.49. The maximum Gasteiger partial charge on any atom is 0.336 e. The van der Waals surface area contributed by atoms with Crippen molar-refractivity contribution in [2.45, 2.75) is 0 Å². The molecule has 0 saturated heterocycles. The summed E-state index contributed by atoms with van der Waals surface area (Å²) < 4.78 is 0. The molecule has 0 aliphatic heterocycles. The summed E-state index contributed by atoms with van der Waals surface area (Å²) in [7, 11) is 0. The summed E-state index contributed by atoms with van der Waals surface area (Å²) in [6, 6.07) is 7.32. The topological polar surface area (TPSA) is 63.1 Å². The first-order chi connectivity index (χ1) is 9.24. The van der Waals surface area contributed by atoms with Gasteiger partial charge in [-0.15, -0.1) is 22.7 Å². The lowest BCUT2D eigenvalue weighted by Crippen LogP contribution is -1.91. The molecule has 6 heteroatoms. The zero-order valence-corrected chi connectivity index (χ0v) is 11.2. The zero-order chi connectivity index (χ0) is 13.2. The van der Waals surface area contributed by atoms with Crippen molar-refractivity contribution in [3.63, 3.8) is 0 Å². The summed E-state index contributed by atoms with van der Waals surface area (Å²) in [5.74, 6) is -0.914. The van der Waals surface area contributed by atoms with E-state index in [9.17, 15) is 4.79 Å². The van der Waals surface area contributed by atoms with Crippen molar-refractivity contribution >= 4 is 28.6 Å². The Hall–Kier alpha value is -2.05. The van der Waals surface area contributed by atoms with Crippen LogP contribution in [-0.4, -0.2) is 21.0 Å². The molecule has 0 aromatic carbocycles. The van der Waals surface area contributed by atoms with Crippen molar-refractivity contribution in [3.8, 4) is 21.3 Å². The summed E-state index contributed by atoms with van der Waals surface area (Å²) in [5.41, 5.74) is 1.92. The third kappa shape index (κ3) is 2.40. The quantitative estimate of drug-likeness (QED) is 0.799. The van der Waals surface area contributed by atoms with E-state index < -0.39 is 5.97 Å². The van der Waals surface area contributed by atoms with E-state index in [4.69, 9.17) is 5.11 Å². The van der Waals surface area contributed by atoms with E-state index in [0.717, 1.165) is 21.3 Å². The minimum Gasteiger partial charge on any atom is -0.478 e. The second kappa shape index (κ2) is 4.91. The third-order valence-corrected chi connectivity index (χ3v) is 4.30. The molecule has 19 heavy (non-hydrogen) atoms. The smallest absolute Gasteiger partial charge is 0.336 e. The average Bonchev–Trinajstić information content (AvgIpc) is 3.09. The van der Waals surface area contributed by atoms with Crippen LogP contribution in [0.25, 0.3) is 21.3 Å². The molecule has 0 saturated carbocycles. The van der Waals surface area contributed by atoms with Crippen molar-refractivity contribution in [2.24, 2.45) is 0 Å². The Morgan fingerprint density at radius 3 is 2.74 bits per heavy atom.